The Morgan fingerprint density at radius 1 is 1.28 bits per heavy atom. The van der Waals surface area contributed by atoms with Gasteiger partial charge >= 0.3 is 0 Å². The van der Waals surface area contributed by atoms with Crippen LogP contribution in [0.5, 0.6) is 0 Å². The molecular weight excluding hydrogens is 254 g/mol. The second-order valence-corrected chi connectivity index (χ2v) is 5.76. The molecule has 0 amide bonds. The minimum Gasteiger partial charge on any atom is -0.388 e. The second kappa shape index (κ2) is 5.16. The Hall–Kier alpha value is -1.26. The van der Waals surface area contributed by atoms with Gasteiger partial charge in [0.05, 0.1) is 6.10 Å². The van der Waals surface area contributed by atoms with E-state index < -0.39 is 17.7 Å². The molecule has 0 saturated carbocycles. The summed E-state index contributed by atoms with van der Waals surface area (Å²) in [5.41, 5.74) is 0.993. The van der Waals surface area contributed by atoms with Crippen LogP contribution in [0.3, 0.4) is 0 Å². The van der Waals surface area contributed by atoms with E-state index >= 15 is 0 Å². The van der Waals surface area contributed by atoms with E-state index in [1.54, 1.807) is 11.3 Å². The fraction of sp³-hybridized carbons (Fsp3) is 0.286. The van der Waals surface area contributed by atoms with Crippen LogP contribution in [0.2, 0.25) is 0 Å². The molecule has 0 aliphatic carbocycles. The largest absolute Gasteiger partial charge is 0.388 e. The Morgan fingerprint density at radius 3 is 2.61 bits per heavy atom. The van der Waals surface area contributed by atoms with Gasteiger partial charge in [-0.05, 0) is 37.1 Å². The molecule has 0 fully saturated rings. The zero-order valence-electron chi connectivity index (χ0n) is 10.2. The van der Waals surface area contributed by atoms with Gasteiger partial charge in [-0.1, -0.05) is 12.1 Å². The van der Waals surface area contributed by atoms with E-state index in [0.29, 0.717) is 0 Å². The highest BCUT2D eigenvalue weighted by Gasteiger charge is 2.17. The maximum Gasteiger partial charge on any atom is 0.162 e. The van der Waals surface area contributed by atoms with Crippen LogP contribution in [-0.4, -0.2) is 5.11 Å². The van der Waals surface area contributed by atoms with E-state index in [9.17, 15) is 13.9 Å². The van der Waals surface area contributed by atoms with Gasteiger partial charge in [0.25, 0.3) is 0 Å². The van der Waals surface area contributed by atoms with Crippen molar-refractivity contribution in [1.29, 1.82) is 0 Å². The molecule has 2 rings (SSSR count). The first-order valence-electron chi connectivity index (χ1n) is 5.67. The molecule has 0 aliphatic heterocycles. The van der Waals surface area contributed by atoms with Crippen molar-refractivity contribution >= 4 is 11.3 Å². The molecule has 4 heteroatoms. The number of aliphatic hydroxyl groups is 1. The smallest absolute Gasteiger partial charge is 0.162 e. The molecule has 1 atom stereocenters. The van der Waals surface area contributed by atoms with E-state index in [4.69, 9.17) is 0 Å². The summed E-state index contributed by atoms with van der Waals surface area (Å²) in [6.07, 6.45) is -0.716. The van der Waals surface area contributed by atoms with Crippen LogP contribution in [0.1, 0.15) is 27.0 Å². The van der Waals surface area contributed by atoms with E-state index in [1.165, 1.54) is 12.1 Å². The van der Waals surface area contributed by atoms with Crippen LogP contribution < -0.4 is 0 Å². The molecular formula is C14H14F2OS. The van der Waals surface area contributed by atoms with Gasteiger partial charge in [0.1, 0.15) is 0 Å². The van der Waals surface area contributed by atoms with E-state index in [2.05, 4.69) is 0 Å². The SMILES string of the molecule is Cc1cc(C(O)Cc2cccc(F)c2F)c(C)s1. The summed E-state index contributed by atoms with van der Waals surface area (Å²) >= 11 is 1.59. The molecule has 0 aliphatic rings. The normalized spacial score (nSPS) is 12.7. The number of hydrogen-bond donors (Lipinski definition) is 1. The number of thiophene rings is 1. The van der Waals surface area contributed by atoms with Crippen molar-refractivity contribution in [2.45, 2.75) is 26.4 Å². The summed E-state index contributed by atoms with van der Waals surface area (Å²) in [6.45, 7) is 3.87. The molecule has 0 bridgehead atoms. The average molecular weight is 268 g/mol. The fourth-order valence-corrected chi connectivity index (χ4v) is 2.99. The van der Waals surface area contributed by atoms with Crippen molar-refractivity contribution in [3.05, 3.63) is 56.8 Å². The zero-order valence-corrected chi connectivity index (χ0v) is 11.0. The highest BCUT2D eigenvalue weighted by atomic mass is 32.1. The molecule has 18 heavy (non-hydrogen) atoms. The van der Waals surface area contributed by atoms with Crippen molar-refractivity contribution in [3.63, 3.8) is 0 Å². The molecule has 1 N–H and O–H groups in total. The summed E-state index contributed by atoms with van der Waals surface area (Å²) in [4.78, 5) is 2.11. The molecule has 96 valence electrons. The first-order chi connectivity index (χ1) is 8.49. The van der Waals surface area contributed by atoms with E-state index in [0.717, 1.165) is 21.4 Å². The van der Waals surface area contributed by atoms with Crippen LogP contribution in [0.25, 0.3) is 0 Å². The van der Waals surface area contributed by atoms with Crippen LogP contribution in [0, 0.1) is 25.5 Å². The van der Waals surface area contributed by atoms with Gasteiger partial charge in [0.15, 0.2) is 11.6 Å². The van der Waals surface area contributed by atoms with Crippen LogP contribution in [-0.2, 0) is 6.42 Å². The number of halogens is 2. The standard InChI is InChI=1S/C14H14F2OS/c1-8-6-11(9(2)18-8)13(17)7-10-4-3-5-12(15)14(10)16/h3-6,13,17H,7H2,1-2H3. The highest BCUT2D eigenvalue weighted by Crippen LogP contribution is 2.29. The van der Waals surface area contributed by atoms with Gasteiger partial charge in [-0.3, -0.25) is 0 Å². The monoisotopic (exact) mass is 268 g/mol. The number of rotatable bonds is 3. The lowest BCUT2D eigenvalue weighted by Crippen LogP contribution is -2.04. The lowest BCUT2D eigenvalue weighted by Gasteiger charge is -2.11. The topological polar surface area (TPSA) is 20.2 Å². The number of benzene rings is 1. The third-order valence-corrected chi connectivity index (χ3v) is 3.86. The number of hydrogen-bond acceptors (Lipinski definition) is 2. The van der Waals surface area contributed by atoms with Crippen molar-refractivity contribution in [1.82, 2.24) is 0 Å². The van der Waals surface area contributed by atoms with E-state index in [1.807, 2.05) is 19.9 Å². The number of aliphatic hydroxyl groups excluding tert-OH is 1. The first kappa shape index (κ1) is 13.2. The molecule has 0 radical (unpaired) electrons. The van der Waals surface area contributed by atoms with Crippen LogP contribution >= 0.6 is 11.3 Å². The quantitative estimate of drug-likeness (QED) is 0.894. The van der Waals surface area contributed by atoms with Crippen molar-refractivity contribution in [3.8, 4) is 0 Å². The van der Waals surface area contributed by atoms with Crippen molar-refractivity contribution in [2.24, 2.45) is 0 Å². The maximum atomic E-state index is 13.5. The first-order valence-corrected chi connectivity index (χ1v) is 6.48. The third kappa shape index (κ3) is 2.60. The predicted molar refractivity (Wildman–Crippen MR) is 68.8 cm³/mol. The summed E-state index contributed by atoms with van der Waals surface area (Å²) in [6, 6.07) is 5.91. The van der Waals surface area contributed by atoms with Gasteiger partial charge in [0, 0.05) is 16.2 Å². The average Bonchev–Trinajstić information content (AvgIpc) is 2.64. The third-order valence-electron chi connectivity index (χ3n) is 2.88. The second-order valence-electron chi connectivity index (χ2n) is 4.30. The van der Waals surface area contributed by atoms with Gasteiger partial charge < -0.3 is 5.11 Å². The Bertz CT molecular complexity index is 563. The molecule has 2 aromatic rings. The lowest BCUT2D eigenvalue weighted by atomic mass is 10.0. The molecule has 1 aromatic heterocycles. The van der Waals surface area contributed by atoms with Gasteiger partial charge in [0.2, 0.25) is 0 Å². The highest BCUT2D eigenvalue weighted by molar-refractivity contribution is 7.12. The molecule has 1 nitrogen and oxygen atoms in total. The summed E-state index contributed by atoms with van der Waals surface area (Å²) in [5, 5.41) is 10.1. The maximum absolute atomic E-state index is 13.5. The van der Waals surface area contributed by atoms with Gasteiger partial charge in [-0.25, -0.2) is 8.78 Å². The minimum absolute atomic E-state index is 0.0839. The zero-order chi connectivity index (χ0) is 13.3. The minimum atomic E-state index is -0.877. The molecule has 0 saturated heterocycles. The Balaban J connectivity index is 2.24. The van der Waals surface area contributed by atoms with Gasteiger partial charge in [-0.15, -0.1) is 11.3 Å². The summed E-state index contributed by atoms with van der Waals surface area (Å²) in [5.74, 6) is -1.75. The molecule has 1 unspecified atom stereocenters. The van der Waals surface area contributed by atoms with E-state index in [-0.39, 0.29) is 12.0 Å². The Kier molecular flexibility index (Phi) is 3.78. The summed E-state index contributed by atoms with van der Waals surface area (Å²) in [7, 11) is 0. The lowest BCUT2D eigenvalue weighted by molar-refractivity contribution is 0.176. The molecule has 1 aromatic carbocycles. The van der Waals surface area contributed by atoms with Gasteiger partial charge in [-0.2, -0.15) is 0 Å². The summed E-state index contributed by atoms with van der Waals surface area (Å²) < 4.78 is 26.6. The molecule has 0 spiro atoms. The Morgan fingerprint density at radius 2 is 2.00 bits per heavy atom. The van der Waals surface area contributed by atoms with Crippen LogP contribution in [0.15, 0.2) is 24.3 Å². The fourth-order valence-electron chi connectivity index (χ4n) is 2.01. The van der Waals surface area contributed by atoms with Crippen molar-refractivity contribution in [2.75, 3.05) is 0 Å². The van der Waals surface area contributed by atoms with Crippen molar-refractivity contribution < 1.29 is 13.9 Å². The molecule has 1 heterocycles. The van der Waals surface area contributed by atoms with Crippen LogP contribution in [0.4, 0.5) is 8.78 Å². The number of aryl methyl sites for hydroxylation is 2. The predicted octanol–water partition coefficient (Wildman–Crippen LogP) is 3.92. The Labute approximate surface area is 109 Å².